The monoisotopic (exact) mass is 292 g/mol. The van der Waals surface area contributed by atoms with Crippen LogP contribution in [0.5, 0.6) is 0 Å². The number of rotatable bonds is 3. The lowest BCUT2D eigenvalue weighted by atomic mass is 10.2. The van der Waals surface area contributed by atoms with E-state index in [9.17, 15) is 8.42 Å². The first-order valence-electron chi connectivity index (χ1n) is 6.48. The third-order valence-corrected chi connectivity index (χ3v) is 4.80. The van der Waals surface area contributed by atoms with Gasteiger partial charge in [0.1, 0.15) is 0 Å². The molecule has 0 amide bonds. The van der Waals surface area contributed by atoms with E-state index in [1.165, 1.54) is 4.31 Å². The number of nitrogens with zero attached hydrogens (tertiary/aromatic N) is 2. The maximum absolute atomic E-state index is 12.3. The Balaban J connectivity index is 1.84. The highest BCUT2D eigenvalue weighted by molar-refractivity contribution is 7.90. The molecule has 1 saturated heterocycles. The highest BCUT2D eigenvalue weighted by Crippen LogP contribution is 2.19. The van der Waals surface area contributed by atoms with Crippen molar-refractivity contribution in [2.24, 2.45) is 0 Å². The lowest BCUT2D eigenvalue weighted by molar-refractivity contribution is 0.362. The summed E-state index contributed by atoms with van der Waals surface area (Å²) in [4.78, 5) is 4.21. The summed E-state index contributed by atoms with van der Waals surface area (Å²) in [6.07, 6.45) is 1.72. The first kappa shape index (κ1) is 13.3. The van der Waals surface area contributed by atoms with E-state index in [1.807, 2.05) is 18.2 Å². The largest absolute Gasteiger partial charge is 0.314 e. The van der Waals surface area contributed by atoms with Crippen molar-refractivity contribution < 1.29 is 8.42 Å². The maximum Gasteiger partial charge on any atom is 0.301 e. The normalized spacial score (nSPS) is 17.2. The van der Waals surface area contributed by atoms with Gasteiger partial charge in [0.2, 0.25) is 0 Å². The van der Waals surface area contributed by atoms with Crippen LogP contribution in [0.4, 0.5) is 5.69 Å². The molecule has 2 aromatic rings. The molecule has 0 atom stereocenters. The molecule has 0 saturated carbocycles. The quantitative estimate of drug-likeness (QED) is 0.877. The zero-order valence-corrected chi connectivity index (χ0v) is 11.7. The molecule has 2 heterocycles. The average Bonchev–Trinajstić information content (AvgIpc) is 2.48. The zero-order valence-electron chi connectivity index (χ0n) is 10.9. The predicted octanol–water partition coefficient (Wildman–Crippen LogP) is 0.797. The van der Waals surface area contributed by atoms with Crippen LogP contribution in [0.2, 0.25) is 0 Å². The molecular formula is C13H16N4O2S. The number of fused-ring (bicyclic) bond motifs is 1. The van der Waals surface area contributed by atoms with Gasteiger partial charge in [-0.3, -0.25) is 9.71 Å². The Morgan fingerprint density at radius 2 is 2.00 bits per heavy atom. The molecule has 1 fully saturated rings. The summed E-state index contributed by atoms with van der Waals surface area (Å²) in [5.41, 5.74) is 1.40. The summed E-state index contributed by atoms with van der Waals surface area (Å²) in [6.45, 7) is 2.35. The molecule has 1 aliphatic rings. The van der Waals surface area contributed by atoms with Gasteiger partial charge in [0, 0.05) is 37.8 Å². The van der Waals surface area contributed by atoms with E-state index in [4.69, 9.17) is 0 Å². The van der Waals surface area contributed by atoms with Crippen molar-refractivity contribution in [3.05, 3.63) is 36.5 Å². The number of hydrogen-bond acceptors (Lipinski definition) is 4. The second kappa shape index (κ2) is 5.35. The molecule has 106 valence electrons. The highest BCUT2D eigenvalue weighted by Gasteiger charge is 2.23. The van der Waals surface area contributed by atoms with Crippen LogP contribution in [-0.2, 0) is 10.2 Å². The van der Waals surface area contributed by atoms with Crippen LogP contribution in [0.15, 0.2) is 36.5 Å². The molecule has 20 heavy (non-hydrogen) atoms. The minimum absolute atomic E-state index is 0.491. The van der Waals surface area contributed by atoms with Crippen molar-refractivity contribution in [2.75, 3.05) is 30.9 Å². The summed E-state index contributed by atoms with van der Waals surface area (Å²) < 4.78 is 28.6. The number of hydrogen-bond donors (Lipinski definition) is 2. The average molecular weight is 292 g/mol. The molecule has 0 spiro atoms. The van der Waals surface area contributed by atoms with E-state index in [0.29, 0.717) is 31.9 Å². The van der Waals surface area contributed by atoms with Crippen LogP contribution < -0.4 is 10.0 Å². The van der Waals surface area contributed by atoms with Gasteiger partial charge >= 0.3 is 10.2 Å². The number of aromatic nitrogens is 1. The lowest BCUT2D eigenvalue weighted by Crippen LogP contribution is -2.48. The van der Waals surface area contributed by atoms with Gasteiger partial charge in [-0.25, -0.2) is 0 Å². The van der Waals surface area contributed by atoms with Crippen molar-refractivity contribution in [3.63, 3.8) is 0 Å². The second-order valence-corrected chi connectivity index (χ2v) is 6.34. The van der Waals surface area contributed by atoms with E-state index < -0.39 is 10.2 Å². The minimum Gasteiger partial charge on any atom is -0.314 e. The van der Waals surface area contributed by atoms with Crippen LogP contribution in [0, 0.1) is 0 Å². The first-order chi connectivity index (χ1) is 9.65. The van der Waals surface area contributed by atoms with Gasteiger partial charge in [-0.15, -0.1) is 0 Å². The van der Waals surface area contributed by atoms with Gasteiger partial charge in [-0.05, 0) is 24.3 Å². The molecular weight excluding hydrogens is 276 g/mol. The Kier molecular flexibility index (Phi) is 3.56. The summed E-state index contributed by atoms with van der Waals surface area (Å²) in [6, 6.07) is 9.07. The summed E-state index contributed by atoms with van der Waals surface area (Å²) in [5, 5.41) is 4.04. The van der Waals surface area contributed by atoms with Crippen molar-refractivity contribution >= 4 is 26.8 Å². The molecule has 0 bridgehead atoms. The smallest absolute Gasteiger partial charge is 0.301 e. The Labute approximate surface area is 118 Å². The van der Waals surface area contributed by atoms with E-state index in [2.05, 4.69) is 15.0 Å². The second-order valence-electron chi connectivity index (χ2n) is 4.67. The van der Waals surface area contributed by atoms with Gasteiger partial charge < -0.3 is 5.32 Å². The molecule has 1 aromatic heterocycles. The fraction of sp³-hybridized carbons (Fsp3) is 0.308. The van der Waals surface area contributed by atoms with Crippen molar-refractivity contribution in [3.8, 4) is 0 Å². The third-order valence-electron chi connectivity index (χ3n) is 3.27. The molecule has 0 unspecified atom stereocenters. The molecule has 1 aliphatic heterocycles. The fourth-order valence-corrected chi connectivity index (χ4v) is 3.45. The van der Waals surface area contributed by atoms with Gasteiger partial charge in [0.15, 0.2) is 0 Å². The Hall–Kier alpha value is -1.70. The highest BCUT2D eigenvalue weighted by atomic mass is 32.2. The topological polar surface area (TPSA) is 74.3 Å². The van der Waals surface area contributed by atoms with Gasteiger partial charge in [-0.2, -0.15) is 12.7 Å². The van der Waals surface area contributed by atoms with Crippen molar-refractivity contribution in [2.45, 2.75) is 0 Å². The zero-order chi connectivity index (χ0) is 14.0. The number of piperazine rings is 1. The van der Waals surface area contributed by atoms with E-state index in [-0.39, 0.29) is 0 Å². The standard InChI is InChI=1S/C13H16N4O2S/c18-20(19,17-8-6-14-7-9-17)16-12-3-4-13-11(10-12)2-1-5-15-13/h1-5,10,14,16H,6-9H2. The molecule has 1 aromatic carbocycles. The Bertz CT molecular complexity index is 711. The number of nitrogens with one attached hydrogen (secondary N) is 2. The van der Waals surface area contributed by atoms with E-state index in [1.54, 1.807) is 18.3 Å². The molecule has 2 N–H and O–H groups in total. The van der Waals surface area contributed by atoms with Crippen LogP contribution in [0.1, 0.15) is 0 Å². The predicted molar refractivity (Wildman–Crippen MR) is 78.7 cm³/mol. The summed E-state index contributed by atoms with van der Waals surface area (Å²) in [7, 11) is -3.48. The van der Waals surface area contributed by atoms with Crippen molar-refractivity contribution in [1.82, 2.24) is 14.6 Å². The van der Waals surface area contributed by atoms with Crippen molar-refractivity contribution in [1.29, 1.82) is 0 Å². The van der Waals surface area contributed by atoms with Crippen LogP contribution in [0.25, 0.3) is 10.9 Å². The van der Waals surface area contributed by atoms with Crippen LogP contribution >= 0.6 is 0 Å². The number of pyridine rings is 1. The minimum atomic E-state index is -3.48. The number of anilines is 1. The Morgan fingerprint density at radius 3 is 2.80 bits per heavy atom. The van der Waals surface area contributed by atoms with Gasteiger partial charge in [0.05, 0.1) is 11.2 Å². The molecule has 0 radical (unpaired) electrons. The van der Waals surface area contributed by atoms with Crippen LogP contribution in [-0.4, -0.2) is 43.9 Å². The molecule has 7 heteroatoms. The molecule has 0 aliphatic carbocycles. The summed E-state index contributed by atoms with van der Waals surface area (Å²) >= 11 is 0. The Morgan fingerprint density at radius 1 is 1.20 bits per heavy atom. The number of benzene rings is 1. The van der Waals surface area contributed by atoms with E-state index in [0.717, 1.165) is 10.9 Å². The van der Waals surface area contributed by atoms with Gasteiger partial charge in [0.25, 0.3) is 0 Å². The van der Waals surface area contributed by atoms with Gasteiger partial charge in [-0.1, -0.05) is 6.07 Å². The third kappa shape index (κ3) is 2.74. The molecule has 3 rings (SSSR count). The first-order valence-corrected chi connectivity index (χ1v) is 7.92. The van der Waals surface area contributed by atoms with E-state index >= 15 is 0 Å². The fourth-order valence-electron chi connectivity index (χ4n) is 2.24. The van der Waals surface area contributed by atoms with Crippen LogP contribution in [0.3, 0.4) is 0 Å². The SMILES string of the molecule is O=S(=O)(Nc1ccc2ncccc2c1)N1CCNCC1. The molecule has 6 nitrogen and oxygen atoms in total. The summed E-state index contributed by atoms with van der Waals surface area (Å²) in [5.74, 6) is 0. The lowest BCUT2D eigenvalue weighted by Gasteiger charge is -2.26. The maximum atomic E-state index is 12.3.